The van der Waals surface area contributed by atoms with Gasteiger partial charge in [-0.1, -0.05) is 12.1 Å². The fourth-order valence-electron chi connectivity index (χ4n) is 2.53. The average molecular weight is 232 g/mol. The number of likely N-dealkylation sites (N-methyl/N-ethyl adjacent to an activating group) is 2. The van der Waals surface area contributed by atoms with Crippen LogP contribution in [-0.2, 0) is 21.5 Å². The van der Waals surface area contributed by atoms with Crippen molar-refractivity contribution in [2.75, 3.05) is 32.2 Å². The molecule has 2 aliphatic heterocycles. The maximum atomic E-state index is 11.6. The van der Waals surface area contributed by atoms with Crippen LogP contribution in [0.15, 0.2) is 18.2 Å². The summed E-state index contributed by atoms with van der Waals surface area (Å²) in [5.74, 6) is 0.167. The molecular formula is C13H16N2O2. The van der Waals surface area contributed by atoms with Gasteiger partial charge in [-0.15, -0.1) is 0 Å². The van der Waals surface area contributed by atoms with Gasteiger partial charge in [0.15, 0.2) is 0 Å². The van der Waals surface area contributed by atoms with Gasteiger partial charge in [0.2, 0.25) is 5.91 Å². The molecule has 0 saturated carbocycles. The predicted octanol–water partition coefficient (Wildman–Crippen LogP) is 0.650. The maximum absolute atomic E-state index is 11.6. The van der Waals surface area contributed by atoms with Crippen LogP contribution in [0.3, 0.4) is 0 Å². The first-order valence-electron chi connectivity index (χ1n) is 5.83. The van der Waals surface area contributed by atoms with Gasteiger partial charge in [-0.2, -0.15) is 0 Å². The SMILES string of the molecule is CNC1(c2ccc3c(c2)CC(=O)N3C)COC1. The molecule has 17 heavy (non-hydrogen) atoms. The van der Waals surface area contributed by atoms with E-state index in [2.05, 4.69) is 17.4 Å². The molecule has 1 saturated heterocycles. The number of hydrogen-bond donors (Lipinski definition) is 1. The van der Waals surface area contributed by atoms with Crippen LogP contribution in [0.1, 0.15) is 11.1 Å². The Morgan fingerprint density at radius 1 is 1.41 bits per heavy atom. The summed E-state index contributed by atoms with van der Waals surface area (Å²) in [6, 6.07) is 6.26. The Kier molecular flexibility index (Phi) is 2.24. The number of amides is 1. The first-order valence-corrected chi connectivity index (χ1v) is 5.83. The molecular weight excluding hydrogens is 216 g/mol. The second-order valence-electron chi connectivity index (χ2n) is 4.80. The number of carbonyl (C=O) groups excluding carboxylic acids is 1. The van der Waals surface area contributed by atoms with E-state index in [1.54, 1.807) is 4.90 Å². The highest BCUT2D eigenvalue weighted by Gasteiger charge is 2.39. The van der Waals surface area contributed by atoms with Gasteiger partial charge in [0.25, 0.3) is 0 Å². The minimum absolute atomic E-state index is 0.0563. The van der Waals surface area contributed by atoms with Crippen molar-refractivity contribution in [3.63, 3.8) is 0 Å². The zero-order chi connectivity index (χ0) is 12.0. The van der Waals surface area contributed by atoms with Crippen molar-refractivity contribution in [3.05, 3.63) is 29.3 Å². The molecule has 0 radical (unpaired) electrons. The average Bonchev–Trinajstić information content (AvgIpc) is 2.54. The van der Waals surface area contributed by atoms with Gasteiger partial charge >= 0.3 is 0 Å². The van der Waals surface area contributed by atoms with E-state index >= 15 is 0 Å². The Bertz CT molecular complexity index is 475. The summed E-state index contributed by atoms with van der Waals surface area (Å²) in [7, 11) is 3.78. The summed E-state index contributed by atoms with van der Waals surface area (Å²) >= 11 is 0. The van der Waals surface area contributed by atoms with Crippen LogP contribution in [0, 0.1) is 0 Å². The second kappa shape index (κ2) is 3.55. The highest BCUT2D eigenvalue weighted by Crippen LogP contribution is 2.35. The molecule has 1 amide bonds. The zero-order valence-corrected chi connectivity index (χ0v) is 10.1. The Hall–Kier alpha value is -1.39. The fraction of sp³-hybridized carbons (Fsp3) is 0.462. The second-order valence-corrected chi connectivity index (χ2v) is 4.80. The highest BCUT2D eigenvalue weighted by atomic mass is 16.5. The Balaban J connectivity index is 2.00. The largest absolute Gasteiger partial charge is 0.377 e. The molecule has 90 valence electrons. The fourth-order valence-corrected chi connectivity index (χ4v) is 2.53. The molecule has 0 bridgehead atoms. The van der Waals surface area contributed by atoms with Gasteiger partial charge < -0.3 is 15.0 Å². The van der Waals surface area contributed by atoms with Crippen LogP contribution in [0.5, 0.6) is 0 Å². The molecule has 0 aliphatic carbocycles. The molecule has 1 aromatic carbocycles. The standard InChI is InChI=1S/C13H16N2O2/c1-14-13(7-17-8-13)10-3-4-11-9(5-10)6-12(16)15(11)2/h3-5,14H,6-8H2,1-2H3. The normalized spacial score (nSPS) is 21.3. The zero-order valence-electron chi connectivity index (χ0n) is 10.1. The summed E-state index contributed by atoms with van der Waals surface area (Å²) in [5.41, 5.74) is 3.31. The Labute approximate surface area is 101 Å². The molecule has 4 nitrogen and oxygen atoms in total. The van der Waals surface area contributed by atoms with Gasteiger partial charge in [0.05, 0.1) is 25.2 Å². The van der Waals surface area contributed by atoms with Gasteiger partial charge in [-0.25, -0.2) is 0 Å². The summed E-state index contributed by atoms with van der Waals surface area (Å²) in [6.45, 7) is 1.40. The first kappa shape index (κ1) is 10.7. The van der Waals surface area contributed by atoms with Gasteiger partial charge in [-0.3, -0.25) is 4.79 Å². The van der Waals surface area contributed by atoms with Crippen molar-refractivity contribution in [2.24, 2.45) is 0 Å². The third-order valence-corrected chi connectivity index (χ3v) is 3.88. The van der Waals surface area contributed by atoms with Crippen molar-refractivity contribution in [1.82, 2.24) is 5.32 Å². The van der Waals surface area contributed by atoms with Crippen LogP contribution in [0.4, 0.5) is 5.69 Å². The van der Waals surface area contributed by atoms with Crippen molar-refractivity contribution in [1.29, 1.82) is 0 Å². The number of fused-ring (bicyclic) bond motifs is 1. The summed E-state index contributed by atoms with van der Waals surface area (Å²) in [6.07, 6.45) is 0.514. The number of carbonyl (C=O) groups is 1. The highest BCUT2D eigenvalue weighted by molar-refractivity contribution is 6.00. The van der Waals surface area contributed by atoms with E-state index in [0.717, 1.165) is 11.3 Å². The quantitative estimate of drug-likeness (QED) is 0.814. The van der Waals surface area contributed by atoms with E-state index < -0.39 is 0 Å². The lowest BCUT2D eigenvalue weighted by molar-refractivity contribution is -0.117. The van der Waals surface area contributed by atoms with Crippen LogP contribution in [-0.4, -0.2) is 33.2 Å². The van der Waals surface area contributed by atoms with E-state index in [4.69, 9.17) is 4.74 Å². The van der Waals surface area contributed by atoms with E-state index in [9.17, 15) is 4.79 Å². The topological polar surface area (TPSA) is 41.6 Å². The monoisotopic (exact) mass is 232 g/mol. The van der Waals surface area contributed by atoms with Crippen LogP contribution < -0.4 is 10.2 Å². The molecule has 1 fully saturated rings. The van der Waals surface area contributed by atoms with E-state index in [1.165, 1.54) is 5.56 Å². The van der Waals surface area contributed by atoms with Crippen molar-refractivity contribution in [3.8, 4) is 0 Å². The number of benzene rings is 1. The Morgan fingerprint density at radius 3 is 2.76 bits per heavy atom. The molecule has 4 heteroatoms. The molecule has 3 rings (SSSR count). The number of nitrogens with zero attached hydrogens (tertiary/aromatic N) is 1. The molecule has 0 atom stereocenters. The number of hydrogen-bond acceptors (Lipinski definition) is 3. The lowest BCUT2D eigenvalue weighted by Gasteiger charge is -2.42. The molecule has 0 unspecified atom stereocenters. The summed E-state index contributed by atoms with van der Waals surface area (Å²) in [5, 5.41) is 3.32. The third kappa shape index (κ3) is 1.41. The minimum Gasteiger partial charge on any atom is -0.377 e. The molecule has 0 spiro atoms. The van der Waals surface area contributed by atoms with Crippen LogP contribution in [0.25, 0.3) is 0 Å². The number of anilines is 1. The van der Waals surface area contributed by atoms with Gasteiger partial charge in [0, 0.05) is 12.7 Å². The number of nitrogens with one attached hydrogen (secondary N) is 1. The molecule has 0 aromatic heterocycles. The van der Waals surface area contributed by atoms with Gasteiger partial charge in [0.1, 0.15) is 0 Å². The minimum atomic E-state index is -0.0563. The van der Waals surface area contributed by atoms with Crippen molar-refractivity contribution < 1.29 is 9.53 Å². The van der Waals surface area contributed by atoms with E-state index in [1.807, 2.05) is 20.2 Å². The Morgan fingerprint density at radius 2 is 2.18 bits per heavy atom. The van der Waals surface area contributed by atoms with Crippen LogP contribution >= 0.6 is 0 Å². The van der Waals surface area contributed by atoms with Crippen molar-refractivity contribution in [2.45, 2.75) is 12.0 Å². The molecule has 1 aromatic rings. The number of ether oxygens (including phenoxy) is 1. The third-order valence-electron chi connectivity index (χ3n) is 3.88. The summed E-state index contributed by atoms with van der Waals surface area (Å²) in [4.78, 5) is 13.4. The summed E-state index contributed by atoms with van der Waals surface area (Å²) < 4.78 is 5.31. The van der Waals surface area contributed by atoms with Crippen molar-refractivity contribution >= 4 is 11.6 Å². The van der Waals surface area contributed by atoms with Crippen LogP contribution in [0.2, 0.25) is 0 Å². The first-order chi connectivity index (χ1) is 8.16. The predicted molar refractivity (Wildman–Crippen MR) is 65.1 cm³/mol. The maximum Gasteiger partial charge on any atom is 0.231 e. The van der Waals surface area contributed by atoms with E-state index in [0.29, 0.717) is 19.6 Å². The number of rotatable bonds is 2. The molecule has 2 aliphatic rings. The molecule has 1 N–H and O–H groups in total. The molecule has 2 heterocycles. The lowest BCUT2D eigenvalue weighted by atomic mass is 9.87. The van der Waals surface area contributed by atoms with E-state index in [-0.39, 0.29) is 11.4 Å². The smallest absolute Gasteiger partial charge is 0.231 e. The van der Waals surface area contributed by atoms with Gasteiger partial charge in [-0.05, 0) is 24.2 Å². The lowest BCUT2D eigenvalue weighted by Crippen LogP contribution is -2.56.